The van der Waals surface area contributed by atoms with Crippen LogP contribution in [0.5, 0.6) is 11.5 Å². The van der Waals surface area contributed by atoms with Crippen molar-refractivity contribution < 1.29 is 19.1 Å². The minimum atomic E-state index is -0.494. The molecule has 1 amide bonds. The van der Waals surface area contributed by atoms with Gasteiger partial charge in [-0.1, -0.05) is 24.3 Å². The molecule has 1 heterocycles. The molecule has 0 spiro atoms. The third-order valence-electron chi connectivity index (χ3n) is 4.91. The van der Waals surface area contributed by atoms with E-state index in [0.29, 0.717) is 23.7 Å². The van der Waals surface area contributed by atoms with Gasteiger partial charge in [0.25, 0.3) is 0 Å². The van der Waals surface area contributed by atoms with Gasteiger partial charge in [0, 0.05) is 13.0 Å². The fourth-order valence-electron chi connectivity index (χ4n) is 3.22. The van der Waals surface area contributed by atoms with Gasteiger partial charge in [0.2, 0.25) is 5.91 Å². The van der Waals surface area contributed by atoms with Crippen molar-refractivity contribution in [1.82, 2.24) is 0 Å². The number of hydrogen-bond donors (Lipinski definition) is 0. The van der Waals surface area contributed by atoms with Crippen molar-refractivity contribution in [2.45, 2.75) is 27.2 Å². The lowest BCUT2D eigenvalue weighted by molar-refractivity contribution is -0.139. The fraction of sp³-hybridized carbons (Fsp3) is 0.333. The predicted octanol–water partition coefficient (Wildman–Crippen LogP) is 3.58. The lowest BCUT2D eigenvalue weighted by Crippen LogP contribution is -2.27. The molecular weight excluding hydrogens is 330 g/mol. The van der Waals surface area contributed by atoms with Crippen LogP contribution in [0, 0.1) is 26.7 Å². The van der Waals surface area contributed by atoms with E-state index in [9.17, 15) is 9.59 Å². The van der Waals surface area contributed by atoms with Gasteiger partial charge in [-0.15, -0.1) is 0 Å². The smallest absolute Gasteiger partial charge is 0.316 e. The Bertz CT molecular complexity index is 859. The topological polar surface area (TPSA) is 55.8 Å². The summed E-state index contributed by atoms with van der Waals surface area (Å²) in [7, 11) is 1.56. The number of rotatable bonds is 4. The first kappa shape index (κ1) is 18.0. The van der Waals surface area contributed by atoms with Crippen LogP contribution in [0.15, 0.2) is 36.4 Å². The number of anilines is 1. The molecule has 26 heavy (non-hydrogen) atoms. The summed E-state index contributed by atoms with van der Waals surface area (Å²) in [6, 6.07) is 11.2. The third kappa shape index (κ3) is 3.29. The summed E-state index contributed by atoms with van der Waals surface area (Å²) in [5.74, 6) is 0.242. The van der Waals surface area contributed by atoms with Crippen LogP contribution in [0.25, 0.3) is 0 Å². The Kier molecular flexibility index (Phi) is 4.98. The number of nitrogens with zero attached hydrogens (tertiary/aromatic N) is 1. The number of benzene rings is 2. The lowest BCUT2D eigenvalue weighted by Gasteiger charge is -2.19. The first-order valence-corrected chi connectivity index (χ1v) is 8.64. The highest BCUT2D eigenvalue weighted by atomic mass is 16.5. The van der Waals surface area contributed by atoms with E-state index in [4.69, 9.17) is 9.47 Å². The number of hydrogen-bond acceptors (Lipinski definition) is 4. The second-order valence-corrected chi connectivity index (χ2v) is 6.65. The molecule has 3 rings (SSSR count). The minimum Gasteiger partial charge on any atom is -0.495 e. The molecule has 0 aromatic heterocycles. The monoisotopic (exact) mass is 353 g/mol. The summed E-state index contributed by atoms with van der Waals surface area (Å²) < 4.78 is 11.0. The molecule has 1 fully saturated rings. The maximum absolute atomic E-state index is 12.7. The van der Waals surface area contributed by atoms with Crippen molar-refractivity contribution in [3.63, 3.8) is 0 Å². The van der Waals surface area contributed by atoms with E-state index < -0.39 is 5.92 Å². The van der Waals surface area contributed by atoms with Crippen molar-refractivity contribution in [2.24, 2.45) is 5.92 Å². The molecule has 1 saturated heterocycles. The van der Waals surface area contributed by atoms with E-state index in [0.717, 1.165) is 16.7 Å². The molecule has 136 valence electrons. The summed E-state index contributed by atoms with van der Waals surface area (Å²) in [5.41, 5.74) is 3.60. The van der Waals surface area contributed by atoms with E-state index in [1.165, 1.54) is 0 Å². The molecule has 0 N–H and O–H groups in total. The Morgan fingerprint density at radius 1 is 1.08 bits per heavy atom. The zero-order valence-electron chi connectivity index (χ0n) is 15.5. The van der Waals surface area contributed by atoms with Crippen LogP contribution in [0.2, 0.25) is 0 Å². The Morgan fingerprint density at radius 2 is 1.77 bits per heavy atom. The van der Waals surface area contributed by atoms with Crippen molar-refractivity contribution in [3.8, 4) is 11.5 Å². The molecule has 1 atom stereocenters. The van der Waals surface area contributed by atoms with Gasteiger partial charge in [-0.05, 0) is 49.6 Å². The highest BCUT2D eigenvalue weighted by Gasteiger charge is 2.37. The normalized spacial score (nSPS) is 16.7. The van der Waals surface area contributed by atoms with E-state index >= 15 is 0 Å². The number of carbonyl (C=O) groups excluding carboxylic acids is 2. The van der Waals surface area contributed by atoms with Crippen molar-refractivity contribution in [2.75, 3.05) is 18.6 Å². The summed E-state index contributed by atoms with van der Waals surface area (Å²) >= 11 is 0. The molecule has 0 bridgehead atoms. The van der Waals surface area contributed by atoms with E-state index in [1.807, 2.05) is 51.1 Å². The maximum Gasteiger partial charge on any atom is 0.316 e. The SMILES string of the molecule is COc1ccccc1N1CC(C(=O)Oc2c(C)ccc(C)c2C)CC1=O. The molecule has 1 aliphatic rings. The Labute approximate surface area is 153 Å². The van der Waals surface area contributed by atoms with Crippen LogP contribution < -0.4 is 14.4 Å². The number of para-hydroxylation sites is 2. The summed E-state index contributed by atoms with van der Waals surface area (Å²) in [6.07, 6.45) is 0.140. The molecular formula is C21H23NO4. The largest absolute Gasteiger partial charge is 0.495 e. The fourth-order valence-corrected chi connectivity index (χ4v) is 3.22. The van der Waals surface area contributed by atoms with Crippen LogP contribution in [-0.2, 0) is 9.59 Å². The zero-order chi connectivity index (χ0) is 18.8. The van der Waals surface area contributed by atoms with E-state index in [1.54, 1.807) is 18.1 Å². The zero-order valence-corrected chi connectivity index (χ0v) is 15.5. The summed E-state index contributed by atoms with van der Waals surface area (Å²) in [4.78, 5) is 26.7. The van der Waals surface area contributed by atoms with Gasteiger partial charge in [0.1, 0.15) is 11.5 Å². The first-order valence-electron chi connectivity index (χ1n) is 8.64. The van der Waals surface area contributed by atoms with Gasteiger partial charge in [0.05, 0.1) is 18.7 Å². The summed E-state index contributed by atoms with van der Waals surface area (Å²) in [6.45, 7) is 6.12. The number of amides is 1. The second kappa shape index (κ2) is 7.20. The molecule has 0 saturated carbocycles. The number of esters is 1. The molecule has 0 aliphatic carbocycles. The van der Waals surface area contributed by atoms with Crippen LogP contribution in [0.1, 0.15) is 23.1 Å². The summed E-state index contributed by atoms with van der Waals surface area (Å²) in [5, 5.41) is 0. The second-order valence-electron chi connectivity index (χ2n) is 6.65. The van der Waals surface area contributed by atoms with Crippen LogP contribution >= 0.6 is 0 Å². The minimum absolute atomic E-state index is 0.103. The third-order valence-corrected chi connectivity index (χ3v) is 4.91. The molecule has 0 radical (unpaired) electrons. The number of aryl methyl sites for hydroxylation is 2. The molecule has 1 aliphatic heterocycles. The van der Waals surface area contributed by atoms with Crippen LogP contribution in [0.4, 0.5) is 5.69 Å². The van der Waals surface area contributed by atoms with E-state index in [-0.39, 0.29) is 18.3 Å². The average molecular weight is 353 g/mol. The van der Waals surface area contributed by atoms with Crippen molar-refractivity contribution in [1.29, 1.82) is 0 Å². The van der Waals surface area contributed by atoms with E-state index in [2.05, 4.69) is 0 Å². The Balaban J connectivity index is 1.79. The highest BCUT2D eigenvalue weighted by Crippen LogP contribution is 2.34. The molecule has 1 unspecified atom stereocenters. The van der Waals surface area contributed by atoms with Crippen molar-refractivity contribution >= 4 is 17.6 Å². The van der Waals surface area contributed by atoms with Crippen LogP contribution in [-0.4, -0.2) is 25.5 Å². The number of methoxy groups -OCH3 is 1. The molecule has 2 aromatic carbocycles. The Hall–Kier alpha value is -2.82. The molecule has 2 aromatic rings. The molecule has 5 nitrogen and oxygen atoms in total. The highest BCUT2D eigenvalue weighted by molar-refractivity contribution is 6.00. The lowest BCUT2D eigenvalue weighted by atomic mass is 10.0. The maximum atomic E-state index is 12.7. The Morgan fingerprint density at radius 3 is 2.50 bits per heavy atom. The van der Waals surface area contributed by atoms with Crippen molar-refractivity contribution in [3.05, 3.63) is 53.1 Å². The van der Waals surface area contributed by atoms with Crippen LogP contribution in [0.3, 0.4) is 0 Å². The van der Waals surface area contributed by atoms with Gasteiger partial charge >= 0.3 is 5.97 Å². The predicted molar refractivity (Wildman–Crippen MR) is 99.7 cm³/mol. The standard InChI is InChI=1S/C21H23NO4/c1-13-9-10-14(2)20(15(13)3)26-21(24)16-11-19(23)22(12-16)17-7-5-6-8-18(17)25-4/h5-10,16H,11-12H2,1-4H3. The average Bonchev–Trinajstić information content (AvgIpc) is 3.03. The van der Waals surface area contributed by atoms with Gasteiger partial charge in [-0.3, -0.25) is 9.59 Å². The number of carbonyl (C=O) groups is 2. The molecule has 5 heteroatoms. The van der Waals surface area contributed by atoms with Gasteiger partial charge < -0.3 is 14.4 Å². The number of ether oxygens (including phenoxy) is 2. The van der Waals surface area contributed by atoms with Gasteiger partial charge in [0.15, 0.2) is 0 Å². The first-order chi connectivity index (χ1) is 12.4. The van der Waals surface area contributed by atoms with Gasteiger partial charge in [-0.25, -0.2) is 0 Å². The quantitative estimate of drug-likeness (QED) is 0.623. The van der Waals surface area contributed by atoms with Gasteiger partial charge in [-0.2, -0.15) is 0 Å².